The summed E-state index contributed by atoms with van der Waals surface area (Å²) in [6.07, 6.45) is 5.24. The van der Waals surface area contributed by atoms with E-state index in [1.807, 2.05) is 39.0 Å². The van der Waals surface area contributed by atoms with Gasteiger partial charge in [0.15, 0.2) is 5.96 Å². The van der Waals surface area contributed by atoms with Crippen LogP contribution < -0.4 is 10.6 Å². The molecular weight excluding hydrogens is 288 g/mol. The van der Waals surface area contributed by atoms with Crippen molar-refractivity contribution in [3.8, 4) is 0 Å². The molecule has 0 aromatic heterocycles. The third kappa shape index (κ3) is 3.66. The molecule has 1 aliphatic rings. The highest BCUT2D eigenvalue weighted by Gasteiger charge is 2.32. The number of aryl methyl sites for hydroxylation is 2. The minimum Gasteiger partial charge on any atom is -0.370 e. The largest absolute Gasteiger partial charge is 0.370 e. The topological polar surface area (TPSA) is 73.4 Å². The third-order valence-corrected chi connectivity index (χ3v) is 4.66. The summed E-state index contributed by atoms with van der Waals surface area (Å²) in [5, 5.41) is 7.91. The fourth-order valence-electron chi connectivity index (χ4n) is 3.55. The van der Waals surface area contributed by atoms with E-state index in [9.17, 15) is 4.79 Å². The number of amides is 2. The van der Waals surface area contributed by atoms with Crippen molar-refractivity contribution in [2.45, 2.75) is 58.9 Å². The Balaban J connectivity index is 2.34. The summed E-state index contributed by atoms with van der Waals surface area (Å²) in [6.45, 7) is 6.54. The number of hydrogen-bond donors (Lipinski definition) is 2. The van der Waals surface area contributed by atoms with E-state index < -0.39 is 0 Å². The molecule has 0 bridgehead atoms. The monoisotopic (exact) mass is 316 g/mol. The molecule has 1 saturated carbocycles. The van der Waals surface area contributed by atoms with Gasteiger partial charge in [-0.3, -0.25) is 15.2 Å². The Hall–Kier alpha value is -2.04. The number of benzene rings is 1. The smallest absolute Gasteiger partial charge is 0.331 e. The van der Waals surface area contributed by atoms with Crippen molar-refractivity contribution in [1.82, 2.24) is 4.90 Å². The Morgan fingerprint density at radius 2 is 1.78 bits per heavy atom. The fraction of sp³-hybridized carbons (Fsp3) is 0.556. The zero-order chi connectivity index (χ0) is 17.0. The van der Waals surface area contributed by atoms with Crippen LogP contribution in [0, 0.1) is 19.3 Å². The SMILES string of the molecule is CCN(C(=O)N(C(=N)N)C1CCCCC1)c1c(C)cccc1C. The molecule has 5 nitrogen and oxygen atoms in total. The van der Waals surface area contributed by atoms with Crippen LogP contribution >= 0.6 is 0 Å². The van der Waals surface area contributed by atoms with Gasteiger partial charge in [-0.15, -0.1) is 0 Å². The number of carbonyl (C=O) groups excluding carboxylic acids is 1. The van der Waals surface area contributed by atoms with Crippen LogP contribution in [-0.2, 0) is 0 Å². The standard InChI is InChI=1S/C18H28N4O/c1-4-21(16-13(2)9-8-10-14(16)3)18(23)22(17(19)20)15-11-6-5-7-12-15/h8-10,15H,4-7,11-12H2,1-3H3,(H3,19,20). The van der Waals surface area contributed by atoms with Crippen molar-refractivity contribution in [2.24, 2.45) is 5.73 Å². The normalized spacial score (nSPS) is 15.3. The Morgan fingerprint density at radius 3 is 2.26 bits per heavy atom. The molecule has 126 valence electrons. The van der Waals surface area contributed by atoms with E-state index in [-0.39, 0.29) is 18.0 Å². The minimum atomic E-state index is -0.177. The molecular formula is C18H28N4O. The maximum absolute atomic E-state index is 13.2. The van der Waals surface area contributed by atoms with Crippen LogP contribution in [-0.4, -0.2) is 29.5 Å². The van der Waals surface area contributed by atoms with Gasteiger partial charge in [-0.25, -0.2) is 4.79 Å². The second kappa shape index (κ2) is 7.49. The predicted octanol–water partition coefficient (Wildman–Crippen LogP) is 3.78. The van der Waals surface area contributed by atoms with Crippen LogP contribution in [0.2, 0.25) is 0 Å². The van der Waals surface area contributed by atoms with Crippen molar-refractivity contribution in [3.05, 3.63) is 29.3 Å². The summed E-state index contributed by atoms with van der Waals surface area (Å²) in [4.78, 5) is 16.4. The number of anilines is 1. The number of para-hydroxylation sites is 1. The lowest BCUT2D eigenvalue weighted by molar-refractivity contribution is 0.200. The second-order valence-corrected chi connectivity index (χ2v) is 6.31. The third-order valence-electron chi connectivity index (χ3n) is 4.66. The average molecular weight is 316 g/mol. The van der Waals surface area contributed by atoms with Gasteiger partial charge < -0.3 is 5.73 Å². The predicted molar refractivity (Wildman–Crippen MR) is 95.0 cm³/mol. The highest BCUT2D eigenvalue weighted by molar-refractivity contribution is 6.03. The number of rotatable bonds is 3. The van der Waals surface area contributed by atoms with Gasteiger partial charge in [0.25, 0.3) is 0 Å². The van der Waals surface area contributed by atoms with Gasteiger partial charge in [-0.1, -0.05) is 37.5 Å². The average Bonchev–Trinajstić information content (AvgIpc) is 2.51. The van der Waals surface area contributed by atoms with Crippen molar-refractivity contribution >= 4 is 17.7 Å². The molecule has 2 amide bonds. The van der Waals surface area contributed by atoms with Crippen LogP contribution in [0.15, 0.2) is 18.2 Å². The number of guanidine groups is 1. The van der Waals surface area contributed by atoms with Gasteiger partial charge in [-0.05, 0) is 44.7 Å². The molecule has 0 radical (unpaired) electrons. The Morgan fingerprint density at radius 1 is 1.22 bits per heavy atom. The molecule has 1 aromatic carbocycles. The molecule has 23 heavy (non-hydrogen) atoms. The highest BCUT2D eigenvalue weighted by Crippen LogP contribution is 2.28. The van der Waals surface area contributed by atoms with Crippen molar-refractivity contribution in [1.29, 1.82) is 5.41 Å². The molecule has 0 heterocycles. The first-order valence-corrected chi connectivity index (χ1v) is 8.48. The van der Waals surface area contributed by atoms with E-state index in [0.717, 1.165) is 42.5 Å². The molecule has 0 spiro atoms. The maximum atomic E-state index is 13.2. The lowest BCUT2D eigenvalue weighted by atomic mass is 9.94. The summed E-state index contributed by atoms with van der Waals surface area (Å²) in [5.41, 5.74) is 8.83. The van der Waals surface area contributed by atoms with Crippen LogP contribution in [0.3, 0.4) is 0 Å². The lowest BCUT2D eigenvalue weighted by Gasteiger charge is -2.37. The van der Waals surface area contributed by atoms with Crippen LogP contribution in [0.1, 0.15) is 50.2 Å². The van der Waals surface area contributed by atoms with Gasteiger partial charge in [-0.2, -0.15) is 0 Å². The second-order valence-electron chi connectivity index (χ2n) is 6.31. The van der Waals surface area contributed by atoms with Crippen LogP contribution in [0.25, 0.3) is 0 Å². The fourth-order valence-corrected chi connectivity index (χ4v) is 3.55. The molecule has 0 saturated heterocycles. The minimum absolute atomic E-state index is 0.0483. The Labute approximate surface area is 139 Å². The quantitative estimate of drug-likeness (QED) is 0.658. The lowest BCUT2D eigenvalue weighted by Crippen LogP contribution is -2.54. The number of hydrogen-bond acceptors (Lipinski definition) is 2. The molecule has 0 atom stereocenters. The van der Waals surface area contributed by atoms with Crippen molar-refractivity contribution in [3.63, 3.8) is 0 Å². The van der Waals surface area contributed by atoms with E-state index >= 15 is 0 Å². The van der Waals surface area contributed by atoms with Crippen LogP contribution in [0.5, 0.6) is 0 Å². The number of urea groups is 1. The molecule has 5 heteroatoms. The first-order chi connectivity index (χ1) is 11.0. The van der Waals surface area contributed by atoms with E-state index in [2.05, 4.69) is 0 Å². The van der Waals surface area contributed by atoms with Gasteiger partial charge in [0.2, 0.25) is 0 Å². The number of nitrogens with zero attached hydrogens (tertiary/aromatic N) is 2. The molecule has 2 rings (SSSR count). The van der Waals surface area contributed by atoms with Crippen molar-refractivity contribution < 1.29 is 4.79 Å². The summed E-state index contributed by atoms with van der Waals surface area (Å²) >= 11 is 0. The number of nitrogens with two attached hydrogens (primary N) is 1. The first kappa shape index (κ1) is 17.3. The zero-order valence-corrected chi connectivity index (χ0v) is 14.4. The molecule has 1 aliphatic carbocycles. The Bertz CT molecular complexity index is 558. The van der Waals surface area contributed by atoms with Gasteiger partial charge >= 0.3 is 6.03 Å². The summed E-state index contributed by atoms with van der Waals surface area (Å²) < 4.78 is 0. The van der Waals surface area contributed by atoms with Gasteiger partial charge in [0.1, 0.15) is 0 Å². The molecule has 1 fully saturated rings. The van der Waals surface area contributed by atoms with Crippen molar-refractivity contribution in [2.75, 3.05) is 11.4 Å². The summed E-state index contributed by atoms with van der Waals surface area (Å²) in [7, 11) is 0. The Kier molecular flexibility index (Phi) is 5.64. The highest BCUT2D eigenvalue weighted by atomic mass is 16.2. The van der Waals surface area contributed by atoms with E-state index in [1.54, 1.807) is 4.90 Å². The van der Waals surface area contributed by atoms with Gasteiger partial charge in [0.05, 0.1) is 5.69 Å². The molecule has 3 N–H and O–H groups in total. The maximum Gasteiger partial charge on any atom is 0.331 e. The molecule has 1 aromatic rings. The summed E-state index contributed by atoms with van der Waals surface area (Å²) in [6, 6.07) is 5.89. The molecule has 0 unspecified atom stereocenters. The summed E-state index contributed by atoms with van der Waals surface area (Å²) in [5.74, 6) is -0.147. The molecule has 0 aliphatic heterocycles. The number of carbonyl (C=O) groups is 1. The van der Waals surface area contributed by atoms with Crippen LogP contribution in [0.4, 0.5) is 10.5 Å². The number of nitrogens with one attached hydrogen (secondary N) is 1. The first-order valence-electron chi connectivity index (χ1n) is 8.48. The van der Waals surface area contributed by atoms with E-state index in [4.69, 9.17) is 11.1 Å². The zero-order valence-electron chi connectivity index (χ0n) is 14.4. The van der Waals surface area contributed by atoms with E-state index in [1.165, 1.54) is 11.3 Å². The van der Waals surface area contributed by atoms with E-state index in [0.29, 0.717) is 6.54 Å². The van der Waals surface area contributed by atoms with Gasteiger partial charge in [0, 0.05) is 12.6 Å².